The molecule has 0 saturated carbocycles. The van der Waals surface area contributed by atoms with Gasteiger partial charge in [0.15, 0.2) is 0 Å². The molecule has 0 aliphatic carbocycles. The van der Waals surface area contributed by atoms with Gasteiger partial charge in [0.25, 0.3) is 10.0 Å². The third-order valence-corrected chi connectivity index (χ3v) is 7.38. The lowest BCUT2D eigenvalue weighted by Gasteiger charge is -2.37. The Morgan fingerprint density at radius 2 is 2.00 bits per heavy atom. The van der Waals surface area contributed by atoms with Crippen molar-refractivity contribution < 1.29 is 45.7 Å². The summed E-state index contributed by atoms with van der Waals surface area (Å²) in [5.74, 6) is -0.344. The van der Waals surface area contributed by atoms with E-state index in [0.29, 0.717) is 17.1 Å². The summed E-state index contributed by atoms with van der Waals surface area (Å²) in [5.41, 5.74) is 0.917. The maximum Gasteiger partial charge on any atom is 0.405 e. The number of amides is 1. The van der Waals surface area contributed by atoms with E-state index in [9.17, 15) is 31.5 Å². The van der Waals surface area contributed by atoms with Gasteiger partial charge in [-0.3, -0.25) is 9.52 Å². The van der Waals surface area contributed by atoms with Gasteiger partial charge in [0.2, 0.25) is 5.91 Å². The molecule has 0 unspecified atom stereocenters. The molecule has 4 atom stereocenters. The summed E-state index contributed by atoms with van der Waals surface area (Å²) in [5, 5.41) is 11.6. The highest BCUT2D eigenvalue weighted by Gasteiger charge is 2.46. The summed E-state index contributed by atoms with van der Waals surface area (Å²) in [6.07, 6.45) is -6.79. The van der Waals surface area contributed by atoms with E-state index in [1.807, 2.05) is 5.32 Å². The molecule has 9 nitrogen and oxygen atoms in total. The van der Waals surface area contributed by atoms with E-state index in [2.05, 4.69) is 4.72 Å². The number of benzene rings is 2. The molecule has 0 radical (unpaired) electrons. The lowest BCUT2D eigenvalue weighted by Crippen LogP contribution is -2.47. The minimum absolute atomic E-state index is 0.00724. The zero-order chi connectivity index (χ0) is 26.1. The number of ether oxygens (including phenoxy) is 3. The first-order chi connectivity index (χ1) is 17.0. The first-order valence-electron chi connectivity index (χ1n) is 11.1. The second-order valence-electron chi connectivity index (χ2n) is 8.54. The van der Waals surface area contributed by atoms with Crippen LogP contribution >= 0.6 is 0 Å². The van der Waals surface area contributed by atoms with Crippen LogP contribution in [0.2, 0.25) is 0 Å². The van der Waals surface area contributed by atoms with Gasteiger partial charge in [0.05, 0.1) is 31.1 Å². The zero-order valence-corrected chi connectivity index (χ0v) is 19.9. The molecule has 2 heterocycles. The van der Waals surface area contributed by atoms with Crippen LogP contribution in [-0.2, 0) is 19.6 Å². The number of alkyl halides is 3. The van der Waals surface area contributed by atoms with Gasteiger partial charge in [0.1, 0.15) is 30.3 Å². The maximum atomic E-state index is 12.9. The Morgan fingerprint density at radius 3 is 2.69 bits per heavy atom. The van der Waals surface area contributed by atoms with Crippen LogP contribution in [0.15, 0.2) is 47.4 Å². The number of rotatable bonds is 8. The van der Waals surface area contributed by atoms with Crippen LogP contribution in [0.5, 0.6) is 11.5 Å². The Balaban J connectivity index is 1.51. The number of hydrogen-bond acceptors (Lipinski definition) is 7. The summed E-state index contributed by atoms with van der Waals surface area (Å²) in [4.78, 5) is 12.0. The number of aliphatic hydroxyl groups is 1. The van der Waals surface area contributed by atoms with Crippen molar-refractivity contribution in [3.05, 3.63) is 48.0 Å². The topological polar surface area (TPSA) is 123 Å². The fourth-order valence-corrected chi connectivity index (χ4v) is 5.50. The van der Waals surface area contributed by atoms with Crippen molar-refractivity contribution in [3.8, 4) is 11.5 Å². The number of anilines is 1. The van der Waals surface area contributed by atoms with Crippen molar-refractivity contribution in [2.24, 2.45) is 0 Å². The molecule has 4 rings (SSSR count). The normalized spacial score (nSPS) is 23.2. The van der Waals surface area contributed by atoms with Crippen LogP contribution in [-0.4, -0.2) is 64.2 Å². The second kappa shape index (κ2) is 10.1. The molecule has 2 aromatic rings. The number of halogens is 3. The van der Waals surface area contributed by atoms with E-state index in [1.54, 1.807) is 24.3 Å². The summed E-state index contributed by atoms with van der Waals surface area (Å²) in [6.45, 7) is -1.87. The monoisotopic (exact) mass is 530 g/mol. The van der Waals surface area contributed by atoms with E-state index in [0.717, 1.165) is 0 Å². The van der Waals surface area contributed by atoms with E-state index in [4.69, 9.17) is 14.2 Å². The number of fused-ring (bicyclic) bond motifs is 3. The fourth-order valence-electron chi connectivity index (χ4n) is 4.41. The number of hydrogen-bond donors (Lipinski definition) is 3. The molecule has 36 heavy (non-hydrogen) atoms. The van der Waals surface area contributed by atoms with Crippen LogP contribution < -0.4 is 19.5 Å². The Hall–Kier alpha value is -3.03. The summed E-state index contributed by atoms with van der Waals surface area (Å²) >= 11 is 0. The number of carbonyl (C=O) groups is 1. The van der Waals surface area contributed by atoms with Crippen molar-refractivity contribution in [1.29, 1.82) is 0 Å². The highest BCUT2D eigenvalue weighted by molar-refractivity contribution is 7.92. The molecule has 0 bridgehead atoms. The first kappa shape index (κ1) is 26.0. The molecular weight excluding hydrogens is 505 g/mol. The quantitative estimate of drug-likeness (QED) is 0.479. The molecule has 2 aliphatic rings. The molecule has 1 amide bonds. The summed E-state index contributed by atoms with van der Waals surface area (Å²) in [7, 11) is -2.51. The summed E-state index contributed by atoms with van der Waals surface area (Å²) in [6, 6.07) is 10.7. The maximum absolute atomic E-state index is 12.9. The molecule has 2 aliphatic heterocycles. The number of sulfonamides is 1. The Bertz CT molecular complexity index is 1220. The number of carbonyl (C=O) groups excluding carboxylic acids is 1. The average Bonchev–Trinajstić information content (AvgIpc) is 3.19. The van der Waals surface area contributed by atoms with Crippen LogP contribution in [0.3, 0.4) is 0 Å². The van der Waals surface area contributed by atoms with E-state index >= 15 is 0 Å². The van der Waals surface area contributed by atoms with Crippen molar-refractivity contribution in [2.45, 2.75) is 48.1 Å². The standard InChI is InChI=1S/C23H25F3N2O7S/c1-33-14-3-2-4-16(8-14)36(31,32)28-13-5-6-19-17(7-13)18-9-15(34-20(11-29)22(18)35-19)10-21(30)27-12-23(24,25)26/h2-8,15,18,20,22,28-29H,9-12H2,1H3,(H,27,30)/t15-,18+,20+,22-/m1/s1. The Morgan fingerprint density at radius 1 is 1.22 bits per heavy atom. The predicted molar refractivity (Wildman–Crippen MR) is 121 cm³/mol. The lowest BCUT2D eigenvalue weighted by molar-refractivity contribution is -0.149. The molecule has 1 fully saturated rings. The second-order valence-corrected chi connectivity index (χ2v) is 10.2. The predicted octanol–water partition coefficient (Wildman–Crippen LogP) is 2.56. The Kier molecular flexibility index (Phi) is 7.34. The van der Waals surface area contributed by atoms with E-state index in [-0.39, 0.29) is 29.3 Å². The number of nitrogens with one attached hydrogen (secondary N) is 2. The van der Waals surface area contributed by atoms with Gasteiger partial charge >= 0.3 is 6.18 Å². The van der Waals surface area contributed by atoms with Crippen molar-refractivity contribution in [1.82, 2.24) is 5.32 Å². The van der Waals surface area contributed by atoms with Gasteiger partial charge in [0, 0.05) is 23.2 Å². The van der Waals surface area contributed by atoms with Gasteiger partial charge in [-0.05, 0) is 36.8 Å². The molecule has 2 aromatic carbocycles. The van der Waals surface area contributed by atoms with E-state index < -0.39 is 53.6 Å². The first-order valence-corrected chi connectivity index (χ1v) is 12.5. The third kappa shape index (κ3) is 5.85. The molecular formula is C23H25F3N2O7S. The molecule has 0 spiro atoms. The fraction of sp³-hybridized carbons (Fsp3) is 0.435. The Labute approximate surface area is 205 Å². The van der Waals surface area contributed by atoms with Gasteiger partial charge in [-0.25, -0.2) is 8.42 Å². The lowest BCUT2D eigenvalue weighted by atomic mass is 9.84. The number of aliphatic hydroxyl groups excluding tert-OH is 1. The smallest absolute Gasteiger partial charge is 0.405 e. The minimum Gasteiger partial charge on any atom is -0.497 e. The third-order valence-electron chi connectivity index (χ3n) is 6.00. The van der Waals surface area contributed by atoms with Crippen LogP contribution in [0.25, 0.3) is 0 Å². The zero-order valence-electron chi connectivity index (χ0n) is 19.1. The average molecular weight is 531 g/mol. The van der Waals surface area contributed by atoms with Crippen molar-refractivity contribution in [3.63, 3.8) is 0 Å². The van der Waals surface area contributed by atoms with Crippen molar-refractivity contribution in [2.75, 3.05) is 25.0 Å². The van der Waals surface area contributed by atoms with Gasteiger partial charge in [-0.2, -0.15) is 13.2 Å². The number of methoxy groups -OCH3 is 1. The van der Waals surface area contributed by atoms with Crippen LogP contribution in [0.4, 0.5) is 18.9 Å². The van der Waals surface area contributed by atoms with Gasteiger partial charge in [-0.1, -0.05) is 6.07 Å². The SMILES string of the molecule is COc1cccc(S(=O)(=O)Nc2ccc3c(c2)[C@@H]2C[C@H](CC(=O)NCC(F)(F)F)O[C@@H](CO)[C@@H]2O3)c1. The molecule has 1 saturated heterocycles. The van der Waals surface area contributed by atoms with Crippen LogP contribution in [0.1, 0.15) is 24.3 Å². The van der Waals surface area contributed by atoms with E-state index in [1.165, 1.54) is 25.3 Å². The van der Waals surface area contributed by atoms with Gasteiger partial charge < -0.3 is 24.6 Å². The minimum atomic E-state index is -4.53. The summed E-state index contributed by atoms with van der Waals surface area (Å²) < 4.78 is 82.2. The highest BCUT2D eigenvalue weighted by Crippen LogP contribution is 2.47. The van der Waals surface area contributed by atoms with Gasteiger partial charge in [-0.15, -0.1) is 0 Å². The molecule has 3 N–H and O–H groups in total. The largest absolute Gasteiger partial charge is 0.497 e. The highest BCUT2D eigenvalue weighted by atomic mass is 32.2. The molecule has 13 heteroatoms. The van der Waals surface area contributed by atoms with Crippen molar-refractivity contribution >= 4 is 21.6 Å². The van der Waals surface area contributed by atoms with Crippen LogP contribution in [0, 0.1) is 0 Å². The molecule has 0 aromatic heterocycles. The molecule has 196 valence electrons.